The molecule has 0 atom stereocenters. The molecule has 0 saturated heterocycles. The van der Waals surface area contributed by atoms with Gasteiger partial charge in [0.1, 0.15) is 11.6 Å². The van der Waals surface area contributed by atoms with Gasteiger partial charge in [0.2, 0.25) is 0 Å². The summed E-state index contributed by atoms with van der Waals surface area (Å²) in [5, 5.41) is 18.5. The number of halogens is 2. The van der Waals surface area contributed by atoms with Gasteiger partial charge in [0.15, 0.2) is 0 Å². The minimum Gasteiger partial charge on any atom is -0.423 e. The van der Waals surface area contributed by atoms with E-state index in [0.717, 1.165) is 11.8 Å². The number of hydrogen-bond acceptors (Lipinski definition) is 3. The lowest BCUT2D eigenvalue weighted by molar-refractivity contribution is 0.425. The average molecular weight is 277 g/mol. The zero-order valence-corrected chi connectivity index (χ0v) is 10.9. The van der Waals surface area contributed by atoms with Gasteiger partial charge in [0, 0.05) is 19.3 Å². The smallest absolute Gasteiger partial charge is 0.423 e. The Morgan fingerprint density at radius 2 is 1.60 bits per heavy atom. The Morgan fingerprint density at radius 3 is 2.20 bits per heavy atom. The zero-order chi connectivity index (χ0) is 14.7. The molecular formula is C14H14BF2NO2. The lowest BCUT2D eigenvalue weighted by atomic mass is 9.77. The van der Waals surface area contributed by atoms with Gasteiger partial charge in [-0.05, 0) is 47.4 Å². The van der Waals surface area contributed by atoms with Crippen LogP contribution in [0.5, 0.6) is 0 Å². The van der Waals surface area contributed by atoms with Crippen LogP contribution in [0.25, 0.3) is 0 Å². The highest BCUT2D eigenvalue weighted by Crippen LogP contribution is 2.15. The first kappa shape index (κ1) is 14.5. The van der Waals surface area contributed by atoms with Crippen molar-refractivity contribution in [2.45, 2.75) is 6.54 Å². The van der Waals surface area contributed by atoms with Crippen molar-refractivity contribution < 1.29 is 18.8 Å². The molecule has 0 aromatic heterocycles. The highest BCUT2D eigenvalue weighted by molar-refractivity contribution is 6.59. The molecule has 0 aliphatic heterocycles. The molecule has 2 aromatic rings. The fourth-order valence-electron chi connectivity index (χ4n) is 1.99. The Kier molecular flexibility index (Phi) is 4.37. The molecule has 0 unspecified atom stereocenters. The predicted molar refractivity (Wildman–Crippen MR) is 74.7 cm³/mol. The maximum absolute atomic E-state index is 13.1. The lowest BCUT2D eigenvalue weighted by Crippen LogP contribution is -2.35. The van der Waals surface area contributed by atoms with Crippen LogP contribution in [0.15, 0.2) is 42.5 Å². The molecule has 0 bridgehead atoms. The van der Waals surface area contributed by atoms with E-state index in [9.17, 15) is 18.8 Å². The molecule has 0 aliphatic rings. The van der Waals surface area contributed by atoms with Crippen molar-refractivity contribution >= 4 is 18.3 Å². The quantitative estimate of drug-likeness (QED) is 0.827. The predicted octanol–water partition coefficient (Wildman–Crippen LogP) is 1.28. The maximum atomic E-state index is 13.1. The summed E-state index contributed by atoms with van der Waals surface area (Å²) in [7, 11) is 0.0479. The minimum atomic E-state index is -1.73. The van der Waals surface area contributed by atoms with Crippen molar-refractivity contribution in [3.8, 4) is 0 Å². The molecule has 0 spiro atoms. The van der Waals surface area contributed by atoms with Gasteiger partial charge >= 0.3 is 7.12 Å². The zero-order valence-electron chi connectivity index (χ0n) is 10.9. The van der Waals surface area contributed by atoms with Crippen LogP contribution < -0.4 is 10.4 Å². The second-order valence-corrected chi connectivity index (χ2v) is 4.55. The van der Waals surface area contributed by atoms with Crippen LogP contribution in [-0.4, -0.2) is 24.2 Å². The van der Waals surface area contributed by atoms with Gasteiger partial charge in [0.05, 0.1) is 0 Å². The number of nitrogens with zero attached hydrogens (tertiary/aromatic N) is 1. The van der Waals surface area contributed by atoms with E-state index in [4.69, 9.17) is 0 Å². The van der Waals surface area contributed by atoms with Gasteiger partial charge in [-0.2, -0.15) is 0 Å². The van der Waals surface area contributed by atoms with Crippen LogP contribution >= 0.6 is 0 Å². The minimum absolute atomic E-state index is 0.124. The van der Waals surface area contributed by atoms with E-state index in [1.54, 1.807) is 24.1 Å². The van der Waals surface area contributed by atoms with Crippen molar-refractivity contribution in [3.05, 3.63) is 59.7 Å². The summed E-state index contributed by atoms with van der Waals surface area (Å²) >= 11 is 0. The first-order chi connectivity index (χ1) is 9.47. The average Bonchev–Trinajstić information content (AvgIpc) is 2.41. The standard InChI is InChI=1S/C14H14BF2NO2/c1-18(13-6-4-11(16)5-7-13)9-10-2-3-12(17)8-14(10)15(19)20/h2-8,19-20H,9H2,1H3. The van der Waals surface area contributed by atoms with Crippen molar-refractivity contribution in [2.75, 3.05) is 11.9 Å². The fraction of sp³-hybridized carbons (Fsp3) is 0.143. The summed E-state index contributed by atoms with van der Waals surface area (Å²) in [6.07, 6.45) is 0. The third kappa shape index (κ3) is 3.34. The topological polar surface area (TPSA) is 43.7 Å². The first-order valence-electron chi connectivity index (χ1n) is 6.08. The molecule has 0 saturated carbocycles. The van der Waals surface area contributed by atoms with Crippen LogP contribution in [0.4, 0.5) is 14.5 Å². The second kappa shape index (κ2) is 6.03. The van der Waals surface area contributed by atoms with Crippen LogP contribution in [0.3, 0.4) is 0 Å². The Morgan fingerprint density at radius 1 is 1.00 bits per heavy atom. The van der Waals surface area contributed by atoms with Crippen molar-refractivity contribution in [2.24, 2.45) is 0 Å². The molecule has 104 valence electrons. The molecule has 0 radical (unpaired) electrons. The molecule has 2 rings (SSSR count). The third-order valence-electron chi connectivity index (χ3n) is 3.06. The number of hydrogen-bond donors (Lipinski definition) is 2. The van der Waals surface area contributed by atoms with E-state index in [2.05, 4.69) is 0 Å². The first-order valence-corrected chi connectivity index (χ1v) is 6.08. The molecule has 2 N–H and O–H groups in total. The molecule has 20 heavy (non-hydrogen) atoms. The fourth-order valence-corrected chi connectivity index (χ4v) is 1.99. The number of anilines is 1. The van der Waals surface area contributed by atoms with Gasteiger partial charge in [-0.1, -0.05) is 6.07 Å². The van der Waals surface area contributed by atoms with E-state index in [1.165, 1.54) is 24.3 Å². The highest BCUT2D eigenvalue weighted by Gasteiger charge is 2.17. The van der Waals surface area contributed by atoms with Gasteiger partial charge in [-0.25, -0.2) is 8.78 Å². The van der Waals surface area contributed by atoms with Gasteiger partial charge in [-0.3, -0.25) is 0 Å². The van der Waals surface area contributed by atoms with E-state index in [0.29, 0.717) is 12.1 Å². The largest absolute Gasteiger partial charge is 0.488 e. The number of benzene rings is 2. The van der Waals surface area contributed by atoms with E-state index >= 15 is 0 Å². The number of rotatable bonds is 4. The van der Waals surface area contributed by atoms with Gasteiger partial charge in [-0.15, -0.1) is 0 Å². The van der Waals surface area contributed by atoms with Gasteiger partial charge in [0.25, 0.3) is 0 Å². The van der Waals surface area contributed by atoms with E-state index in [-0.39, 0.29) is 11.3 Å². The summed E-state index contributed by atoms with van der Waals surface area (Å²) in [6, 6.07) is 9.79. The van der Waals surface area contributed by atoms with Crippen LogP contribution in [0.2, 0.25) is 0 Å². The maximum Gasteiger partial charge on any atom is 0.488 e. The van der Waals surface area contributed by atoms with E-state index < -0.39 is 12.9 Å². The molecule has 2 aromatic carbocycles. The second-order valence-electron chi connectivity index (χ2n) is 4.55. The van der Waals surface area contributed by atoms with E-state index in [1.807, 2.05) is 0 Å². The van der Waals surface area contributed by atoms with Crippen LogP contribution in [0, 0.1) is 11.6 Å². The molecule has 3 nitrogen and oxygen atoms in total. The Labute approximate surface area is 116 Å². The normalized spacial score (nSPS) is 10.4. The molecule has 0 amide bonds. The monoisotopic (exact) mass is 277 g/mol. The van der Waals surface area contributed by atoms with Crippen molar-refractivity contribution in [1.82, 2.24) is 0 Å². The molecular weight excluding hydrogens is 263 g/mol. The highest BCUT2D eigenvalue weighted by atomic mass is 19.1. The SMILES string of the molecule is CN(Cc1ccc(F)cc1B(O)O)c1ccc(F)cc1. The van der Waals surface area contributed by atoms with Crippen LogP contribution in [-0.2, 0) is 6.54 Å². The van der Waals surface area contributed by atoms with Crippen LogP contribution in [0.1, 0.15) is 5.56 Å². The molecule has 0 fully saturated rings. The lowest BCUT2D eigenvalue weighted by Gasteiger charge is -2.21. The molecule has 0 heterocycles. The van der Waals surface area contributed by atoms with Crippen molar-refractivity contribution in [3.63, 3.8) is 0 Å². The summed E-state index contributed by atoms with van der Waals surface area (Å²) in [6.45, 7) is 0.346. The Bertz CT molecular complexity index is 590. The molecule has 0 aliphatic carbocycles. The Hall–Kier alpha value is -1.92. The van der Waals surface area contributed by atoms with Gasteiger partial charge < -0.3 is 14.9 Å². The summed E-state index contributed by atoms with van der Waals surface area (Å²) in [5.74, 6) is -0.850. The Balaban J connectivity index is 2.23. The summed E-state index contributed by atoms with van der Waals surface area (Å²) in [4.78, 5) is 1.80. The van der Waals surface area contributed by atoms with Crippen molar-refractivity contribution in [1.29, 1.82) is 0 Å². The summed E-state index contributed by atoms with van der Waals surface area (Å²) in [5.41, 5.74) is 1.49. The summed E-state index contributed by atoms with van der Waals surface area (Å²) < 4.78 is 26.0. The molecule has 6 heteroatoms. The third-order valence-corrected chi connectivity index (χ3v) is 3.06.